The highest BCUT2D eigenvalue weighted by atomic mass is 15.2. The molecular formula is C21H39N5. The summed E-state index contributed by atoms with van der Waals surface area (Å²) in [6.45, 7) is 10.9. The smallest absolute Gasteiger partial charge is 0.191 e. The maximum atomic E-state index is 4.39. The van der Waals surface area contributed by atoms with Crippen molar-refractivity contribution >= 4 is 5.96 Å². The average Bonchev–Trinajstić information content (AvgIpc) is 2.65. The zero-order valence-electron chi connectivity index (χ0n) is 17.6. The first kappa shape index (κ1) is 22.5. The first-order valence-corrected chi connectivity index (χ1v) is 9.92. The van der Waals surface area contributed by atoms with Gasteiger partial charge in [-0.15, -0.1) is 0 Å². The van der Waals surface area contributed by atoms with Gasteiger partial charge in [0.05, 0.1) is 6.04 Å². The van der Waals surface area contributed by atoms with Gasteiger partial charge >= 0.3 is 0 Å². The molecule has 26 heavy (non-hydrogen) atoms. The molecule has 0 bridgehead atoms. The number of benzene rings is 1. The summed E-state index contributed by atoms with van der Waals surface area (Å²) in [4.78, 5) is 9.11. The molecule has 2 unspecified atom stereocenters. The molecule has 5 heteroatoms. The molecule has 1 rings (SSSR count). The minimum atomic E-state index is 0.313. The van der Waals surface area contributed by atoms with Crippen LogP contribution in [0.5, 0.6) is 0 Å². The number of hydrogen-bond donors (Lipinski definition) is 2. The van der Waals surface area contributed by atoms with Crippen LogP contribution in [-0.2, 0) is 0 Å². The molecule has 2 N–H and O–H groups in total. The quantitative estimate of drug-likeness (QED) is 0.470. The van der Waals surface area contributed by atoms with Gasteiger partial charge in [-0.2, -0.15) is 0 Å². The van der Waals surface area contributed by atoms with E-state index in [1.54, 1.807) is 0 Å². The topological polar surface area (TPSA) is 42.9 Å². The summed E-state index contributed by atoms with van der Waals surface area (Å²) in [5, 5.41) is 7.01. The number of aliphatic imine (C=N–C) groups is 1. The lowest BCUT2D eigenvalue weighted by molar-refractivity contribution is 0.291. The lowest BCUT2D eigenvalue weighted by atomic mass is 10.1. The lowest BCUT2D eigenvalue weighted by Gasteiger charge is -2.27. The molecule has 1 aromatic carbocycles. The Bertz CT molecular complexity index is 496. The molecule has 0 aromatic heterocycles. The number of nitrogens with one attached hydrogen (secondary N) is 2. The molecule has 0 aliphatic carbocycles. The van der Waals surface area contributed by atoms with E-state index in [-0.39, 0.29) is 0 Å². The van der Waals surface area contributed by atoms with Crippen LogP contribution in [0.3, 0.4) is 0 Å². The third-order valence-corrected chi connectivity index (χ3v) is 4.88. The SMILES string of the molecule is CCN(CC)CCCC(C)NC(=NC)NCC(c1ccccc1)N(C)C. The van der Waals surface area contributed by atoms with E-state index in [2.05, 4.69) is 90.6 Å². The van der Waals surface area contributed by atoms with Crippen molar-refractivity contribution in [2.24, 2.45) is 4.99 Å². The number of likely N-dealkylation sites (N-methyl/N-ethyl adjacent to an activating group) is 1. The van der Waals surface area contributed by atoms with Gasteiger partial charge in [-0.3, -0.25) is 4.99 Å². The minimum absolute atomic E-state index is 0.313. The van der Waals surface area contributed by atoms with Gasteiger partial charge in [0.1, 0.15) is 0 Å². The zero-order valence-corrected chi connectivity index (χ0v) is 17.6. The molecule has 0 aliphatic heterocycles. The third-order valence-electron chi connectivity index (χ3n) is 4.88. The molecule has 148 valence electrons. The van der Waals surface area contributed by atoms with Crippen molar-refractivity contribution in [3.8, 4) is 0 Å². The Labute approximate surface area is 160 Å². The summed E-state index contributed by atoms with van der Waals surface area (Å²) in [6.07, 6.45) is 2.35. The van der Waals surface area contributed by atoms with Crippen LogP contribution in [-0.4, -0.2) is 69.1 Å². The molecule has 0 saturated carbocycles. The van der Waals surface area contributed by atoms with Crippen molar-refractivity contribution in [1.29, 1.82) is 0 Å². The van der Waals surface area contributed by atoms with Crippen LogP contribution in [0.25, 0.3) is 0 Å². The fraction of sp³-hybridized carbons (Fsp3) is 0.667. The fourth-order valence-electron chi connectivity index (χ4n) is 3.13. The zero-order chi connectivity index (χ0) is 19.4. The fourth-order valence-corrected chi connectivity index (χ4v) is 3.13. The lowest BCUT2D eigenvalue weighted by Crippen LogP contribution is -2.45. The number of guanidine groups is 1. The Kier molecular flexibility index (Phi) is 11.0. The molecule has 0 heterocycles. The van der Waals surface area contributed by atoms with E-state index in [1.165, 1.54) is 18.5 Å². The average molecular weight is 362 g/mol. The summed E-state index contributed by atoms with van der Waals surface area (Å²) in [6, 6.07) is 11.3. The molecule has 0 aliphatic rings. The predicted octanol–water partition coefficient (Wildman–Crippen LogP) is 2.96. The van der Waals surface area contributed by atoms with Crippen molar-refractivity contribution in [2.75, 3.05) is 47.3 Å². The van der Waals surface area contributed by atoms with Gasteiger partial charge in [-0.25, -0.2) is 0 Å². The van der Waals surface area contributed by atoms with E-state index < -0.39 is 0 Å². The summed E-state index contributed by atoms with van der Waals surface area (Å²) in [7, 11) is 6.07. The van der Waals surface area contributed by atoms with Crippen LogP contribution < -0.4 is 10.6 Å². The predicted molar refractivity (Wildman–Crippen MR) is 114 cm³/mol. The largest absolute Gasteiger partial charge is 0.354 e. The second-order valence-corrected chi connectivity index (χ2v) is 7.06. The summed E-state index contributed by atoms with van der Waals surface area (Å²) in [5.41, 5.74) is 1.31. The number of rotatable bonds is 11. The van der Waals surface area contributed by atoms with Crippen LogP contribution in [0.4, 0.5) is 0 Å². The van der Waals surface area contributed by atoms with E-state index in [4.69, 9.17) is 0 Å². The van der Waals surface area contributed by atoms with Gasteiger partial charge in [0.2, 0.25) is 0 Å². The second-order valence-electron chi connectivity index (χ2n) is 7.06. The Balaban J connectivity index is 2.46. The van der Waals surface area contributed by atoms with Gasteiger partial charge in [0, 0.05) is 19.6 Å². The molecule has 5 nitrogen and oxygen atoms in total. The van der Waals surface area contributed by atoms with Crippen molar-refractivity contribution in [3.05, 3.63) is 35.9 Å². The van der Waals surface area contributed by atoms with E-state index in [1.807, 2.05) is 7.05 Å². The highest BCUT2D eigenvalue weighted by Crippen LogP contribution is 2.16. The first-order valence-electron chi connectivity index (χ1n) is 9.92. The number of hydrogen-bond acceptors (Lipinski definition) is 3. The maximum Gasteiger partial charge on any atom is 0.191 e. The Morgan fingerprint density at radius 2 is 1.77 bits per heavy atom. The molecule has 0 radical (unpaired) electrons. The summed E-state index contributed by atoms with van der Waals surface area (Å²) in [5.74, 6) is 0.878. The van der Waals surface area contributed by atoms with Crippen LogP contribution in [0.2, 0.25) is 0 Å². The van der Waals surface area contributed by atoms with Crippen LogP contribution >= 0.6 is 0 Å². The second kappa shape index (κ2) is 12.7. The summed E-state index contributed by atoms with van der Waals surface area (Å²) >= 11 is 0. The minimum Gasteiger partial charge on any atom is -0.354 e. The Morgan fingerprint density at radius 3 is 2.31 bits per heavy atom. The molecule has 0 spiro atoms. The van der Waals surface area contributed by atoms with Crippen molar-refractivity contribution < 1.29 is 0 Å². The molecule has 1 aromatic rings. The van der Waals surface area contributed by atoms with Crippen LogP contribution in [0.1, 0.15) is 45.2 Å². The van der Waals surface area contributed by atoms with Crippen molar-refractivity contribution in [2.45, 2.75) is 45.7 Å². The highest BCUT2D eigenvalue weighted by molar-refractivity contribution is 5.79. The van der Waals surface area contributed by atoms with E-state index in [0.29, 0.717) is 12.1 Å². The monoisotopic (exact) mass is 361 g/mol. The van der Waals surface area contributed by atoms with Gasteiger partial charge in [0.25, 0.3) is 0 Å². The first-order chi connectivity index (χ1) is 12.5. The standard InChI is InChI=1S/C21H39N5/c1-7-26(8-2)16-12-13-18(3)24-21(22-4)23-17-20(25(5)6)19-14-10-9-11-15-19/h9-11,14-15,18,20H,7-8,12-13,16-17H2,1-6H3,(H2,22,23,24). The molecule has 0 saturated heterocycles. The Hall–Kier alpha value is -1.59. The van der Waals surface area contributed by atoms with E-state index >= 15 is 0 Å². The van der Waals surface area contributed by atoms with Gasteiger partial charge in [0.15, 0.2) is 5.96 Å². The van der Waals surface area contributed by atoms with E-state index in [9.17, 15) is 0 Å². The summed E-state index contributed by atoms with van der Waals surface area (Å²) < 4.78 is 0. The van der Waals surface area contributed by atoms with Crippen LogP contribution in [0.15, 0.2) is 35.3 Å². The maximum absolute atomic E-state index is 4.39. The molecule has 0 amide bonds. The third kappa shape index (κ3) is 8.19. The Morgan fingerprint density at radius 1 is 1.12 bits per heavy atom. The number of nitrogens with zero attached hydrogens (tertiary/aromatic N) is 3. The van der Waals surface area contributed by atoms with Crippen molar-refractivity contribution in [3.63, 3.8) is 0 Å². The molecule has 2 atom stereocenters. The van der Waals surface area contributed by atoms with Crippen molar-refractivity contribution in [1.82, 2.24) is 20.4 Å². The molecule has 0 fully saturated rings. The van der Waals surface area contributed by atoms with E-state index in [0.717, 1.165) is 32.0 Å². The van der Waals surface area contributed by atoms with Gasteiger partial charge in [-0.1, -0.05) is 44.2 Å². The highest BCUT2D eigenvalue weighted by Gasteiger charge is 2.15. The normalized spacial score (nSPS) is 14.5. The van der Waals surface area contributed by atoms with Crippen LogP contribution in [0, 0.1) is 0 Å². The molecular weight excluding hydrogens is 322 g/mol. The van der Waals surface area contributed by atoms with Gasteiger partial charge < -0.3 is 20.4 Å². The van der Waals surface area contributed by atoms with Gasteiger partial charge in [-0.05, 0) is 59.1 Å².